The molecule has 2 aromatic carbocycles. The molecule has 0 saturated carbocycles. The number of rotatable bonds is 6. The van der Waals surface area contributed by atoms with E-state index in [1.165, 1.54) is 6.07 Å². The molecule has 0 aliphatic rings. The van der Waals surface area contributed by atoms with Gasteiger partial charge in [-0.1, -0.05) is 35.3 Å². The molecule has 2 rings (SSSR count). The zero-order valence-electron chi connectivity index (χ0n) is 14.2. The smallest absolute Gasteiger partial charge is 0.179 e. The first kappa shape index (κ1) is 20.0. The van der Waals surface area contributed by atoms with Gasteiger partial charge in [0.1, 0.15) is 10.6 Å². The third-order valence-electron chi connectivity index (χ3n) is 3.57. The van der Waals surface area contributed by atoms with Crippen molar-refractivity contribution in [2.24, 2.45) is 0 Å². The molecule has 0 spiro atoms. The summed E-state index contributed by atoms with van der Waals surface area (Å²) < 4.78 is 29.6. The predicted molar refractivity (Wildman–Crippen MR) is 101 cm³/mol. The van der Waals surface area contributed by atoms with Crippen molar-refractivity contribution in [1.82, 2.24) is 0 Å². The van der Waals surface area contributed by atoms with Crippen LogP contribution in [0.25, 0.3) is 11.1 Å². The van der Waals surface area contributed by atoms with Crippen LogP contribution in [0.2, 0.25) is 10.0 Å². The molecule has 4 nitrogen and oxygen atoms in total. The highest BCUT2D eigenvalue weighted by Gasteiger charge is 2.18. The molecule has 2 aromatic rings. The van der Waals surface area contributed by atoms with Crippen molar-refractivity contribution in [3.63, 3.8) is 0 Å². The maximum atomic E-state index is 12.0. The Kier molecular flexibility index (Phi) is 6.05. The Balaban J connectivity index is 2.41. The highest BCUT2D eigenvalue weighted by molar-refractivity contribution is 7.90. The van der Waals surface area contributed by atoms with Crippen molar-refractivity contribution in [2.75, 3.05) is 12.9 Å². The SMILES string of the molecule is CC(C)(O)CCOc1cc(-c2ccc(Cl)c(Cl)c2)ccc1S(C)(=O)=O. The predicted octanol–water partition coefficient (Wildman–Crippen LogP) is 4.60. The number of halogens is 2. The monoisotopic (exact) mass is 402 g/mol. The zero-order chi connectivity index (χ0) is 18.8. The van der Waals surface area contributed by atoms with Crippen molar-refractivity contribution in [3.8, 4) is 16.9 Å². The van der Waals surface area contributed by atoms with Gasteiger partial charge in [-0.25, -0.2) is 8.42 Å². The van der Waals surface area contributed by atoms with E-state index < -0.39 is 15.4 Å². The minimum Gasteiger partial charge on any atom is -0.492 e. The first-order chi connectivity index (χ1) is 11.5. The van der Waals surface area contributed by atoms with Crippen LogP contribution >= 0.6 is 23.2 Å². The molecule has 0 heterocycles. The minimum absolute atomic E-state index is 0.104. The highest BCUT2D eigenvalue weighted by Crippen LogP contribution is 2.33. The molecule has 136 valence electrons. The van der Waals surface area contributed by atoms with Crippen LogP contribution < -0.4 is 4.74 Å². The lowest BCUT2D eigenvalue weighted by Gasteiger charge is -2.18. The van der Waals surface area contributed by atoms with E-state index in [-0.39, 0.29) is 17.3 Å². The molecule has 0 radical (unpaired) electrons. The highest BCUT2D eigenvalue weighted by atomic mass is 35.5. The summed E-state index contributed by atoms with van der Waals surface area (Å²) in [6.45, 7) is 3.52. The molecule has 0 aromatic heterocycles. The average Bonchev–Trinajstić information content (AvgIpc) is 2.47. The third kappa shape index (κ3) is 5.61. The van der Waals surface area contributed by atoms with Crippen LogP contribution in [-0.4, -0.2) is 32.0 Å². The first-order valence-electron chi connectivity index (χ1n) is 7.62. The van der Waals surface area contributed by atoms with E-state index in [1.807, 2.05) is 0 Å². The molecule has 25 heavy (non-hydrogen) atoms. The Bertz CT molecular complexity index is 871. The van der Waals surface area contributed by atoms with E-state index in [0.29, 0.717) is 16.5 Å². The fraction of sp³-hybridized carbons (Fsp3) is 0.333. The van der Waals surface area contributed by atoms with Crippen molar-refractivity contribution < 1.29 is 18.3 Å². The maximum Gasteiger partial charge on any atom is 0.179 e. The van der Waals surface area contributed by atoms with Crippen LogP contribution in [0.15, 0.2) is 41.3 Å². The molecule has 7 heteroatoms. The number of sulfone groups is 1. The summed E-state index contributed by atoms with van der Waals surface area (Å²) in [4.78, 5) is 0.104. The summed E-state index contributed by atoms with van der Waals surface area (Å²) in [5.74, 6) is 0.246. The maximum absolute atomic E-state index is 12.0. The summed E-state index contributed by atoms with van der Waals surface area (Å²) in [7, 11) is -3.45. The zero-order valence-corrected chi connectivity index (χ0v) is 16.5. The standard InChI is InChI=1S/C18H20Cl2O4S/c1-18(2,21)8-9-24-16-11-13(5-7-17(16)25(3,22)23)12-4-6-14(19)15(20)10-12/h4-7,10-11,21H,8-9H2,1-3H3. The van der Waals surface area contributed by atoms with E-state index in [9.17, 15) is 13.5 Å². The second kappa shape index (κ2) is 7.54. The van der Waals surface area contributed by atoms with E-state index in [2.05, 4.69) is 0 Å². The van der Waals surface area contributed by atoms with Crippen molar-refractivity contribution in [2.45, 2.75) is 30.8 Å². The third-order valence-corrected chi connectivity index (χ3v) is 5.44. The van der Waals surface area contributed by atoms with Crippen LogP contribution in [0, 0.1) is 0 Å². The van der Waals surface area contributed by atoms with Gasteiger partial charge in [0.05, 0.1) is 22.3 Å². The molecule has 0 saturated heterocycles. The summed E-state index contributed by atoms with van der Waals surface area (Å²) in [5, 5.41) is 10.6. The summed E-state index contributed by atoms with van der Waals surface area (Å²) in [6.07, 6.45) is 1.50. The molecule has 0 bridgehead atoms. The van der Waals surface area contributed by atoms with Crippen molar-refractivity contribution in [1.29, 1.82) is 0 Å². The van der Waals surface area contributed by atoms with Gasteiger partial charge in [0, 0.05) is 12.7 Å². The molecule has 0 amide bonds. The van der Waals surface area contributed by atoms with Gasteiger partial charge in [0.25, 0.3) is 0 Å². The number of hydrogen-bond acceptors (Lipinski definition) is 4. The molecule has 0 aliphatic carbocycles. The fourth-order valence-electron chi connectivity index (χ4n) is 2.19. The molecular weight excluding hydrogens is 383 g/mol. The van der Waals surface area contributed by atoms with Gasteiger partial charge in [0.15, 0.2) is 9.84 Å². The Morgan fingerprint density at radius 1 is 1.04 bits per heavy atom. The van der Waals surface area contributed by atoms with E-state index in [1.54, 1.807) is 44.2 Å². The van der Waals surface area contributed by atoms with Gasteiger partial charge in [-0.05, 0) is 49.2 Å². The van der Waals surface area contributed by atoms with Crippen LogP contribution in [-0.2, 0) is 9.84 Å². The lowest BCUT2D eigenvalue weighted by Crippen LogP contribution is -2.22. The Labute approximate surface area is 158 Å². The lowest BCUT2D eigenvalue weighted by molar-refractivity contribution is 0.0549. The average molecular weight is 403 g/mol. The minimum atomic E-state index is -3.45. The molecule has 0 atom stereocenters. The topological polar surface area (TPSA) is 63.6 Å². The quantitative estimate of drug-likeness (QED) is 0.766. The molecular formula is C18H20Cl2O4S. The van der Waals surface area contributed by atoms with Gasteiger partial charge >= 0.3 is 0 Å². The lowest BCUT2D eigenvalue weighted by atomic mass is 10.1. The van der Waals surface area contributed by atoms with E-state index >= 15 is 0 Å². The Morgan fingerprint density at radius 2 is 1.64 bits per heavy atom. The van der Waals surface area contributed by atoms with Gasteiger partial charge < -0.3 is 9.84 Å². The molecule has 1 N–H and O–H groups in total. The molecule has 0 fully saturated rings. The normalized spacial score (nSPS) is 12.2. The summed E-state index contributed by atoms with van der Waals surface area (Å²) >= 11 is 12.0. The number of benzene rings is 2. The molecule has 0 unspecified atom stereocenters. The largest absolute Gasteiger partial charge is 0.492 e. The number of aliphatic hydroxyl groups is 1. The van der Waals surface area contributed by atoms with Crippen LogP contribution in [0.5, 0.6) is 5.75 Å². The number of ether oxygens (including phenoxy) is 1. The van der Waals surface area contributed by atoms with Gasteiger partial charge in [0.2, 0.25) is 0 Å². The first-order valence-corrected chi connectivity index (χ1v) is 10.3. The Hall–Kier alpha value is -1.27. The fourth-order valence-corrected chi connectivity index (χ4v) is 3.29. The van der Waals surface area contributed by atoms with E-state index in [4.69, 9.17) is 27.9 Å². The van der Waals surface area contributed by atoms with Crippen molar-refractivity contribution in [3.05, 3.63) is 46.4 Å². The number of hydrogen-bond donors (Lipinski definition) is 1. The van der Waals surface area contributed by atoms with Crippen LogP contribution in [0.3, 0.4) is 0 Å². The van der Waals surface area contributed by atoms with Gasteiger partial charge in [-0.3, -0.25) is 0 Å². The Morgan fingerprint density at radius 3 is 2.20 bits per heavy atom. The van der Waals surface area contributed by atoms with Gasteiger partial charge in [-0.15, -0.1) is 0 Å². The summed E-state index contributed by atoms with van der Waals surface area (Å²) in [5.41, 5.74) is 0.651. The molecule has 0 aliphatic heterocycles. The van der Waals surface area contributed by atoms with Crippen LogP contribution in [0.1, 0.15) is 20.3 Å². The summed E-state index contributed by atoms with van der Waals surface area (Å²) in [6, 6.07) is 10.0. The van der Waals surface area contributed by atoms with Crippen LogP contribution in [0.4, 0.5) is 0 Å². The van der Waals surface area contributed by atoms with E-state index in [0.717, 1.165) is 17.4 Å². The van der Waals surface area contributed by atoms with Crippen molar-refractivity contribution >= 4 is 33.0 Å². The van der Waals surface area contributed by atoms with Gasteiger partial charge in [-0.2, -0.15) is 0 Å². The second-order valence-corrected chi connectivity index (χ2v) is 9.27. The second-order valence-electron chi connectivity index (χ2n) is 6.47.